The normalized spacial score (nSPS) is 10.8. The highest BCUT2D eigenvalue weighted by atomic mass is 15.3. The molecule has 50 heavy (non-hydrogen) atoms. The zero-order valence-corrected chi connectivity index (χ0v) is 26.5. The van der Waals surface area contributed by atoms with Crippen molar-refractivity contribution in [3.63, 3.8) is 0 Å². The van der Waals surface area contributed by atoms with Crippen molar-refractivity contribution >= 4 is 0 Å². The fraction of sp³-hybridized carbons (Fsp3) is 0. The van der Waals surface area contributed by atoms with Crippen molar-refractivity contribution in [1.29, 1.82) is 5.26 Å². The Morgan fingerprint density at radius 1 is 0.300 bits per heavy atom. The van der Waals surface area contributed by atoms with Crippen LogP contribution >= 0.6 is 0 Å². The number of benzene rings is 6. The number of aromatic nitrogens is 8. The van der Waals surface area contributed by atoms with Gasteiger partial charge in [-0.1, -0.05) is 133 Å². The first kappa shape index (κ1) is 30.1. The van der Waals surface area contributed by atoms with Crippen molar-refractivity contribution in [2.24, 2.45) is 0 Å². The summed E-state index contributed by atoms with van der Waals surface area (Å²) in [6.07, 6.45) is 0. The van der Waals surface area contributed by atoms with Gasteiger partial charge in [0, 0.05) is 22.3 Å². The van der Waals surface area contributed by atoms with E-state index in [-0.39, 0.29) is 0 Å². The minimum Gasteiger partial charge on any atom is -0.192 e. The minimum absolute atomic E-state index is 0.446. The third-order valence-electron chi connectivity index (χ3n) is 8.30. The molecule has 0 saturated carbocycles. The third kappa shape index (κ3) is 6.20. The van der Waals surface area contributed by atoms with Crippen LogP contribution in [0, 0.1) is 11.3 Å². The molecule has 0 radical (unpaired) electrons. The summed E-state index contributed by atoms with van der Waals surface area (Å²) in [4.78, 5) is 0. The van der Waals surface area contributed by atoms with Crippen LogP contribution in [0.25, 0.3) is 78.9 Å². The lowest BCUT2D eigenvalue weighted by Gasteiger charge is -2.14. The zero-order valence-electron chi connectivity index (χ0n) is 26.5. The van der Waals surface area contributed by atoms with Crippen molar-refractivity contribution in [3.8, 4) is 85.0 Å². The number of hydrogen-bond acceptors (Lipinski definition) is 9. The van der Waals surface area contributed by atoms with Crippen molar-refractivity contribution in [2.45, 2.75) is 0 Å². The molecule has 0 atom stereocenters. The Kier molecular flexibility index (Phi) is 8.07. The molecular formula is C41H25N9. The van der Waals surface area contributed by atoms with Crippen LogP contribution in [0.15, 0.2) is 152 Å². The maximum absolute atomic E-state index is 9.30. The lowest BCUT2D eigenvalue weighted by atomic mass is 9.90. The number of hydrogen-bond donors (Lipinski definition) is 0. The Hall–Kier alpha value is -7.31. The molecule has 0 N–H and O–H groups in total. The SMILES string of the molecule is N#Cc1ccc(-c2ccc(-c3ccc(-c4nnc(-c5ccccc5)nn4)cc3)c(-c3ccc(-c4nnc(-c5ccccc5)nn4)cc3)c2)cc1. The summed E-state index contributed by atoms with van der Waals surface area (Å²) in [7, 11) is 0. The van der Waals surface area contributed by atoms with E-state index in [1.54, 1.807) is 0 Å². The largest absolute Gasteiger partial charge is 0.203 e. The van der Waals surface area contributed by atoms with E-state index >= 15 is 0 Å². The minimum atomic E-state index is 0.446. The van der Waals surface area contributed by atoms with E-state index in [4.69, 9.17) is 0 Å². The fourth-order valence-electron chi connectivity index (χ4n) is 5.64. The van der Waals surface area contributed by atoms with E-state index < -0.39 is 0 Å². The molecule has 234 valence electrons. The van der Waals surface area contributed by atoms with E-state index in [1.807, 2.05) is 109 Å². The molecule has 0 aliphatic rings. The first-order valence-electron chi connectivity index (χ1n) is 15.8. The van der Waals surface area contributed by atoms with Gasteiger partial charge in [0.15, 0.2) is 0 Å². The lowest BCUT2D eigenvalue weighted by Crippen LogP contribution is -1.99. The van der Waals surface area contributed by atoms with Gasteiger partial charge in [-0.3, -0.25) is 0 Å². The molecule has 0 aliphatic heterocycles. The molecule has 0 aliphatic carbocycles. The van der Waals surface area contributed by atoms with Gasteiger partial charge >= 0.3 is 0 Å². The molecule has 0 unspecified atom stereocenters. The topological polar surface area (TPSA) is 127 Å². The van der Waals surface area contributed by atoms with Crippen molar-refractivity contribution in [1.82, 2.24) is 40.8 Å². The Labute approximate surface area is 287 Å². The van der Waals surface area contributed by atoms with Gasteiger partial charge in [0.1, 0.15) is 0 Å². The van der Waals surface area contributed by atoms with Gasteiger partial charge in [0.25, 0.3) is 0 Å². The van der Waals surface area contributed by atoms with E-state index in [1.165, 1.54) is 0 Å². The van der Waals surface area contributed by atoms with Crippen molar-refractivity contribution in [2.75, 3.05) is 0 Å². The van der Waals surface area contributed by atoms with E-state index in [0.29, 0.717) is 28.9 Å². The molecule has 9 nitrogen and oxygen atoms in total. The summed E-state index contributed by atoms with van der Waals surface area (Å²) in [6, 6.07) is 51.6. The monoisotopic (exact) mass is 643 g/mol. The molecule has 0 saturated heterocycles. The average molecular weight is 644 g/mol. The van der Waals surface area contributed by atoms with Gasteiger partial charge in [0.2, 0.25) is 23.3 Å². The number of nitriles is 1. The summed E-state index contributed by atoms with van der Waals surface area (Å²) in [5.74, 6) is 1.85. The van der Waals surface area contributed by atoms with Crippen LogP contribution in [-0.2, 0) is 0 Å². The fourth-order valence-corrected chi connectivity index (χ4v) is 5.64. The smallest absolute Gasteiger partial charge is 0.192 e. The van der Waals surface area contributed by atoms with Crippen LogP contribution in [0.1, 0.15) is 5.56 Å². The summed E-state index contributed by atoms with van der Waals surface area (Å²) >= 11 is 0. The van der Waals surface area contributed by atoms with Crippen LogP contribution in [0.3, 0.4) is 0 Å². The highest BCUT2D eigenvalue weighted by molar-refractivity contribution is 5.88. The van der Waals surface area contributed by atoms with Crippen molar-refractivity contribution < 1.29 is 0 Å². The molecule has 8 rings (SSSR count). The second-order valence-electron chi connectivity index (χ2n) is 11.4. The number of rotatable bonds is 7. The molecule has 8 aromatic rings. The van der Waals surface area contributed by atoms with E-state index in [0.717, 1.165) is 55.6 Å². The van der Waals surface area contributed by atoms with Crippen LogP contribution in [0.5, 0.6) is 0 Å². The average Bonchev–Trinajstić information content (AvgIpc) is 3.21. The van der Waals surface area contributed by atoms with Gasteiger partial charge in [-0.05, 0) is 51.6 Å². The van der Waals surface area contributed by atoms with Crippen LogP contribution in [-0.4, -0.2) is 40.8 Å². The van der Waals surface area contributed by atoms with E-state index in [2.05, 4.69) is 89.3 Å². The lowest BCUT2D eigenvalue weighted by molar-refractivity contribution is 0.876. The Balaban J connectivity index is 1.12. The van der Waals surface area contributed by atoms with Gasteiger partial charge < -0.3 is 0 Å². The first-order valence-corrected chi connectivity index (χ1v) is 15.8. The van der Waals surface area contributed by atoms with Gasteiger partial charge in [-0.2, -0.15) is 5.26 Å². The Bertz CT molecular complexity index is 2430. The summed E-state index contributed by atoms with van der Waals surface area (Å²) in [5, 5.41) is 43.9. The van der Waals surface area contributed by atoms with Crippen LogP contribution < -0.4 is 0 Å². The molecule has 0 spiro atoms. The van der Waals surface area contributed by atoms with Crippen LogP contribution in [0.4, 0.5) is 0 Å². The Morgan fingerprint density at radius 3 is 1.06 bits per heavy atom. The zero-order chi connectivity index (χ0) is 33.7. The first-order chi connectivity index (χ1) is 24.7. The molecule has 0 amide bonds. The molecule has 2 heterocycles. The second kappa shape index (κ2) is 13.4. The van der Waals surface area contributed by atoms with Gasteiger partial charge in [-0.25, -0.2) is 0 Å². The molecule has 2 aromatic heterocycles. The predicted octanol–water partition coefficient (Wildman–Crippen LogP) is 8.39. The maximum Gasteiger partial charge on any atom is 0.203 e. The quantitative estimate of drug-likeness (QED) is 0.168. The third-order valence-corrected chi connectivity index (χ3v) is 8.30. The summed E-state index contributed by atoms with van der Waals surface area (Å²) in [6.45, 7) is 0. The second-order valence-corrected chi connectivity index (χ2v) is 11.4. The molecular weight excluding hydrogens is 619 g/mol. The van der Waals surface area contributed by atoms with Gasteiger partial charge in [0.05, 0.1) is 11.6 Å². The molecule has 0 bridgehead atoms. The predicted molar refractivity (Wildman–Crippen MR) is 192 cm³/mol. The highest BCUT2D eigenvalue weighted by Crippen LogP contribution is 2.37. The maximum atomic E-state index is 9.30. The molecule has 9 heteroatoms. The summed E-state index contributed by atoms with van der Waals surface area (Å²) < 4.78 is 0. The summed E-state index contributed by atoms with van der Waals surface area (Å²) in [5.41, 5.74) is 10.1. The van der Waals surface area contributed by atoms with Crippen LogP contribution in [0.2, 0.25) is 0 Å². The molecule has 6 aromatic carbocycles. The van der Waals surface area contributed by atoms with Gasteiger partial charge in [-0.15, -0.1) is 40.8 Å². The molecule has 0 fully saturated rings. The van der Waals surface area contributed by atoms with E-state index in [9.17, 15) is 5.26 Å². The highest BCUT2D eigenvalue weighted by Gasteiger charge is 2.14. The van der Waals surface area contributed by atoms with Crippen molar-refractivity contribution in [3.05, 3.63) is 157 Å². The Morgan fingerprint density at radius 2 is 0.640 bits per heavy atom. The number of nitrogens with zero attached hydrogens (tertiary/aromatic N) is 9. The standard InChI is InChI=1S/C41H25N9/c42-26-27-11-13-28(14-12-27)35-23-24-36(29-15-19-33(20-16-29)40-47-43-38(44-48-40)31-7-3-1-4-8-31)37(25-35)30-17-21-34(22-18-30)41-49-45-39(46-50-41)32-9-5-2-6-10-32/h1-25H.